The van der Waals surface area contributed by atoms with Gasteiger partial charge in [-0.05, 0) is 24.1 Å². The fourth-order valence-electron chi connectivity index (χ4n) is 1.53. The van der Waals surface area contributed by atoms with Crippen molar-refractivity contribution in [3.63, 3.8) is 0 Å². The van der Waals surface area contributed by atoms with Gasteiger partial charge in [-0.15, -0.1) is 0 Å². The molecular formula is C12H17NO2. The largest absolute Gasteiger partial charge is 0.478 e. The van der Waals surface area contributed by atoms with Gasteiger partial charge in [0, 0.05) is 19.3 Å². The summed E-state index contributed by atoms with van der Waals surface area (Å²) in [5, 5.41) is 8.85. The molecule has 0 fully saturated rings. The van der Waals surface area contributed by atoms with Crippen molar-refractivity contribution in [2.24, 2.45) is 5.92 Å². The molecule has 0 unspecified atom stereocenters. The van der Waals surface area contributed by atoms with Crippen molar-refractivity contribution in [1.29, 1.82) is 0 Å². The van der Waals surface area contributed by atoms with Crippen LogP contribution in [0.4, 0.5) is 5.69 Å². The van der Waals surface area contributed by atoms with Crippen LogP contribution in [0.1, 0.15) is 24.2 Å². The third-order valence-electron chi connectivity index (χ3n) is 2.17. The Balaban J connectivity index is 2.85. The lowest BCUT2D eigenvalue weighted by Crippen LogP contribution is -2.22. The smallest absolute Gasteiger partial charge is 0.335 e. The van der Waals surface area contributed by atoms with E-state index in [1.54, 1.807) is 18.2 Å². The van der Waals surface area contributed by atoms with Crippen LogP contribution in [0.5, 0.6) is 0 Å². The van der Waals surface area contributed by atoms with Gasteiger partial charge >= 0.3 is 5.97 Å². The molecule has 1 N–H and O–H groups in total. The highest BCUT2D eigenvalue weighted by Gasteiger charge is 2.07. The minimum atomic E-state index is -0.880. The molecule has 0 aliphatic carbocycles. The van der Waals surface area contributed by atoms with Gasteiger partial charge in [-0.1, -0.05) is 19.9 Å². The average molecular weight is 207 g/mol. The highest BCUT2D eigenvalue weighted by Crippen LogP contribution is 2.15. The Morgan fingerprint density at radius 1 is 1.47 bits per heavy atom. The predicted octanol–water partition coefficient (Wildman–Crippen LogP) is 2.48. The minimum absolute atomic E-state index is 0.336. The number of carbonyl (C=O) groups is 1. The van der Waals surface area contributed by atoms with Gasteiger partial charge in [-0.2, -0.15) is 0 Å². The number of anilines is 1. The first-order valence-electron chi connectivity index (χ1n) is 5.05. The molecule has 3 heteroatoms. The molecule has 82 valence electrons. The Morgan fingerprint density at radius 3 is 2.67 bits per heavy atom. The molecule has 0 saturated heterocycles. The first-order valence-corrected chi connectivity index (χ1v) is 5.05. The molecule has 0 aliphatic heterocycles. The first-order chi connectivity index (χ1) is 7.00. The third-order valence-corrected chi connectivity index (χ3v) is 2.17. The maximum absolute atomic E-state index is 10.8. The van der Waals surface area contributed by atoms with Crippen LogP contribution in [0.25, 0.3) is 0 Å². The first kappa shape index (κ1) is 11.6. The summed E-state index contributed by atoms with van der Waals surface area (Å²) in [6, 6.07) is 7.00. The van der Waals surface area contributed by atoms with Crippen LogP contribution >= 0.6 is 0 Å². The van der Waals surface area contributed by atoms with E-state index in [2.05, 4.69) is 18.7 Å². The number of hydrogen-bond acceptors (Lipinski definition) is 2. The van der Waals surface area contributed by atoms with E-state index >= 15 is 0 Å². The van der Waals surface area contributed by atoms with Crippen molar-refractivity contribution in [3.8, 4) is 0 Å². The van der Waals surface area contributed by atoms with Gasteiger partial charge in [-0.3, -0.25) is 0 Å². The fraction of sp³-hybridized carbons (Fsp3) is 0.417. The quantitative estimate of drug-likeness (QED) is 0.824. The second kappa shape index (κ2) is 4.82. The molecule has 0 atom stereocenters. The highest BCUT2D eigenvalue weighted by molar-refractivity contribution is 5.88. The molecule has 0 aliphatic rings. The van der Waals surface area contributed by atoms with Gasteiger partial charge in [0.25, 0.3) is 0 Å². The molecule has 1 aromatic rings. The third kappa shape index (κ3) is 3.27. The highest BCUT2D eigenvalue weighted by atomic mass is 16.4. The lowest BCUT2D eigenvalue weighted by atomic mass is 10.1. The average Bonchev–Trinajstić information content (AvgIpc) is 2.17. The zero-order valence-electron chi connectivity index (χ0n) is 9.40. The molecule has 0 saturated carbocycles. The van der Waals surface area contributed by atoms with Crippen molar-refractivity contribution in [2.75, 3.05) is 18.5 Å². The Labute approximate surface area is 90.3 Å². The van der Waals surface area contributed by atoms with Gasteiger partial charge in [0.2, 0.25) is 0 Å². The number of carboxylic acids is 1. The van der Waals surface area contributed by atoms with Crippen molar-refractivity contribution < 1.29 is 9.90 Å². The fourth-order valence-corrected chi connectivity index (χ4v) is 1.53. The van der Waals surface area contributed by atoms with Gasteiger partial charge in [-0.25, -0.2) is 4.79 Å². The van der Waals surface area contributed by atoms with E-state index in [1.807, 2.05) is 13.1 Å². The van der Waals surface area contributed by atoms with E-state index in [0.29, 0.717) is 11.5 Å². The molecule has 1 aromatic carbocycles. The Hall–Kier alpha value is -1.51. The number of aromatic carboxylic acids is 1. The number of rotatable bonds is 4. The summed E-state index contributed by atoms with van der Waals surface area (Å²) >= 11 is 0. The molecular weight excluding hydrogens is 190 g/mol. The summed E-state index contributed by atoms with van der Waals surface area (Å²) in [6.07, 6.45) is 0. The topological polar surface area (TPSA) is 40.5 Å². The van der Waals surface area contributed by atoms with Crippen LogP contribution < -0.4 is 4.90 Å². The summed E-state index contributed by atoms with van der Waals surface area (Å²) in [6.45, 7) is 5.19. The minimum Gasteiger partial charge on any atom is -0.478 e. The maximum Gasteiger partial charge on any atom is 0.335 e. The van der Waals surface area contributed by atoms with Crippen LogP contribution in [0, 0.1) is 5.92 Å². The molecule has 1 rings (SSSR count). The van der Waals surface area contributed by atoms with Gasteiger partial charge in [0.05, 0.1) is 5.56 Å². The van der Waals surface area contributed by atoms with E-state index < -0.39 is 5.97 Å². The molecule has 0 aromatic heterocycles. The van der Waals surface area contributed by atoms with Crippen molar-refractivity contribution in [3.05, 3.63) is 29.8 Å². The second-order valence-electron chi connectivity index (χ2n) is 4.13. The molecule has 0 heterocycles. The Bertz CT molecular complexity index is 347. The summed E-state index contributed by atoms with van der Waals surface area (Å²) in [4.78, 5) is 12.8. The Morgan fingerprint density at radius 2 is 2.13 bits per heavy atom. The van der Waals surface area contributed by atoms with Crippen LogP contribution in [0.2, 0.25) is 0 Å². The van der Waals surface area contributed by atoms with Gasteiger partial charge in [0.1, 0.15) is 0 Å². The predicted molar refractivity (Wildman–Crippen MR) is 61.5 cm³/mol. The van der Waals surface area contributed by atoms with E-state index in [-0.39, 0.29) is 0 Å². The lowest BCUT2D eigenvalue weighted by molar-refractivity contribution is 0.0697. The van der Waals surface area contributed by atoms with E-state index in [0.717, 1.165) is 12.2 Å². The number of carboxylic acid groups (broad SMARTS) is 1. The van der Waals surface area contributed by atoms with E-state index in [4.69, 9.17) is 5.11 Å². The number of benzene rings is 1. The summed E-state index contributed by atoms with van der Waals surface area (Å²) in [7, 11) is 1.97. The molecule has 0 radical (unpaired) electrons. The summed E-state index contributed by atoms with van der Waals surface area (Å²) in [5.41, 5.74) is 1.28. The van der Waals surface area contributed by atoms with Crippen molar-refractivity contribution in [2.45, 2.75) is 13.8 Å². The Kier molecular flexibility index (Phi) is 3.72. The number of hydrogen-bond donors (Lipinski definition) is 1. The molecule has 0 amide bonds. The zero-order valence-corrected chi connectivity index (χ0v) is 9.40. The SMILES string of the molecule is CC(C)CN(C)c1cccc(C(=O)O)c1. The second-order valence-corrected chi connectivity index (χ2v) is 4.13. The van der Waals surface area contributed by atoms with E-state index in [9.17, 15) is 4.79 Å². The molecule has 15 heavy (non-hydrogen) atoms. The van der Waals surface area contributed by atoms with Crippen molar-refractivity contribution >= 4 is 11.7 Å². The van der Waals surface area contributed by atoms with Crippen LogP contribution in [-0.4, -0.2) is 24.7 Å². The van der Waals surface area contributed by atoms with Crippen LogP contribution in [0.3, 0.4) is 0 Å². The summed E-state index contributed by atoms with van der Waals surface area (Å²) in [5.74, 6) is -0.321. The van der Waals surface area contributed by atoms with Crippen LogP contribution in [0.15, 0.2) is 24.3 Å². The zero-order chi connectivity index (χ0) is 11.4. The van der Waals surface area contributed by atoms with Gasteiger partial charge < -0.3 is 10.0 Å². The number of nitrogens with zero attached hydrogens (tertiary/aromatic N) is 1. The molecule has 3 nitrogen and oxygen atoms in total. The maximum atomic E-state index is 10.8. The van der Waals surface area contributed by atoms with E-state index in [1.165, 1.54) is 0 Å². The lowest BCUT2D eigenvalue weighted by Gasteiger charge is -2.21. The standard InChI is InChI=1S/C12H17NO2/c1-9(2)8-13(3)11-6-4-5-10(7-11)12(14)15/h4-7,9H,8H2,1-3H3,(H,14,15). The van der Waals surface area contributed by atoms with Gasteiger partial charge in [0.15, 0.2) is 0 Å². The van der Waals surface area contributed by atoms with Crippen molar-refractivity contribution in [1.82, 2.24) is 0 Å². The molecule has 0 spiro atoms. The monoisotopic (exact) mass is 207 g/mol. The molecule has 0 bridgehead atoms. The van der Waals surface area contributed by atoms with Crippen LogP contribution in [-0.2, 0) is 0 Å². The normalized spacial score (nSPS) is 10.4. The summed E-state index contributed by atoms with van der Waals surface area (Å²) < 4.78 is 0.